The van der Waals surface area contributed by atoms with Gasteiger partial charge in [0.2, 0.25) is 0 Å². The zero-order chi connectivity index (χ0) is 10.7. The van der Waals surface area contributed by atoms with Crippen LogP contribution in [0.4, 0.5) is 11.4 Å². The lowest BCUT2D eigenvalue weighted by molar-refractivity contribution is 0.120. The van der Waals surface area contributed by atoms with Crippen LogP contribution in [0.1, 0.15) is 13.8 Å². The van der Waals surface area contributed by atoms with Gasteiger partial charge in [0.05, 0.1) is 11.4 Å². The number of benzene rings is 1. The van der Waals surface area contributed by atoms with Gasteiger partial charge in [-0.2, -0.15) is 0 Å². The predicted octanol–water partition coefficient (Wildman–Crippen LogP) is 0.923. The van der Waals surface area contributed by atoms with Crippen molar-refractivity contribution in [2.24, 2.45) is 11.8 Å². The van der Waals surface area contributed by atoms with Crippen molar-refractivity contribution in [3.8, 4) is 0 Å². The number of anilines is 2. The minimum Gasteiger partial charge on any atom is -0.397 e. The number of para-hydroxylation sites is 2. The van der Waals surface area contributed by atoms with Gasteiger partial charge in [-0.25, -0.2) is 5.84 Å². The molecule has 1 rings (SSSR count). The molecule has 0 spiro atoms. The molecular formula is C10H17N3O. The summed E-state index contributed by atoms with van der Waals surface area (Å²) in [6.07, 6.45) is -0.722. The molecule has 1 unspecified atom stereocenters. The lowest BCUT2D eigenvalue weighted by Crippen LogP contribution is -2.44. The minimum absolute atomic E-state index is 0.0552. The maximum Gasteiger partial charge on any atom is 0.143 e. The van der Waals surface area contributed by atoms with Gasteiger partial charge in [-0.3, -0.25) is 5.01 Å². The number of hydrogen-bond donors (Lipinski definition) is 3. The summed E-state index contributed by atoms with van der Waals surface area (Å²) in [7, 11) is 0. The molecule has 4 nitrogen and oxygen atoms in total. The monoisotopic (exact) mass is 195 g/mol. The molecular weight excluding hydrogens is 178 g/mol. The Balaban J connectivity index is 2.89. The zero-order valence-electron chi connectivity index (χ0n) is 8.51. The number of nitrogens with zero attached hydrogens (tertiary/aromatic N) is 1. The first-order valence-corrected chi connectivity index (χ1v) is 4.60. The molecule has 14 heavy (non-hydrogen) atoms. The van der Waals surface area contributed by atoms with Crippen molar-refractivity contribution in [1.29, 1.82) is 0 Å². The van der Waals surface area contributed by atoms with E-state index in [0.717, 1.165) is 0 Å². The van der Waals surface area contributed by atoms with Crippen LogP contribution < -0.4 is 16.6 Å². The van der Waals surface area contributed by atoms with Gasteiger partial charge in [0.15, 0.2) is 0 Å². The first-order chi connectivity index (χ1) is 6.54. The standard InChI is InChI=1S/C10H17N3O/c1-7(2)10(14)13(12)9-6-4-3-5-8(9)11/h3-7,10,14H,11-12H2,1-2H3. The summed E-state index contributed by atoms with van der Waals surface area (Å²) in [6.45, 7) is 3.79. The Labute approximate surface area is 84.1 Å². The summed E-state index contributed by atoms with van der Waals surface area (Å²) in [5.41, 5.74) is 6.94. The van der Waals surface area contributed by atoms with Gasteiger partial charge in [0, 0.05) is 0 Å². The van der Waals surface area contributed by atoms with Crippen molar-refractivity contribution in [1.82, 2.24) is 0 Å². The number of hydrazine groups is 1. The summed E-state index contributed by atoms with van der Waals surface area (Å²) in [4.78, 5) is 0. The van der Waals surface area contributed by atoms with Gasteiger partial charge in [-0.05, 0) is 18.1 Å². The normalized spacial score (nSPS) is 12.9. The lowest BCUT2D eigenvalue weighted by atomic mass is 10.1. The zero-order valence-corrected chi connectivity index (χ0v) is 8.51. The second-order valence-electron chi connectivity index (χ2n) is 3.62. The molecule has 78 valence electrons. The second kappa shape index (κ2) is 4.30. The number of nitrogen functional groups attached to an aromatic ring is 1. The van der Waals surface area contributed by atoms with Gasteiger partial charge in [-0.1, -0.05) is 26.0 Å². The fourth-order valence-electron chi connectivity index (χ4n) is 1.19. The Morgan fingerprint density at radius 2 is 1.86 bits per heavy atom. The van der Waals surface area contributed by atoms with Crippen molar-refractivity contribution in [2.75, 3.05) is 10.7 Å². The Kier molecular flexibility index (Phi) is 3.33. The molecule has 0 bridgehead atoms. The van der Waals surface area contributed by atoms with Crippen LogP contribution in [0.25, 0.3) is 0 Å². The molecule has 0 aliphatic carbocycles. The molecule has 0 radical (unpaired) electrons. The van der Waals surface area contributed by atoms with E-state index < -0.39 is 6.23 Å². The lowest BCUT2D eigenvalue weighted by Gasteiger charge is -2.28. The summed E-state index contributed by atoms with van der Waals surface area (Å²) in [6, 6.07) is 7.19. The van der Waals surface area contributed by atoms with Crippen molar-refractivity contribution < 1.29 is 5.11 Å². The Bertz CT molecular complexity index is 301. The third kappa shape index (κ3) is 2.16. The van der Waals surface area contributed by atoms with E-state index in [-0.39, 0.29) is 5.92 Å². The van der Waals surface area contributed by atoms with Crippen LogP contribution in [0.5, 0.6) is 0 Å². The van der Waals surface area contributed by atoms with E-state index in [1.165, 1.54) is 5.01 Å². The molecule has 1 aromatic carbocycles. The molecule has 5 N–H and O–H groups in total. The fourth-order valence-corrected chi connectivity index (χ4v) is 1.19. The van der Waals surface area contributed by atoms with Crippen LogP contribution >= 0.6 is 0 Å². The van der Waals surface area contributed by atoms with Gasteiger partial charge < -0.3 is 10.8 Å². The summed E-state index contributed by atoms with van der Waals surface area (Å²) in [5.74, 6) is 5.80. The maximum atomic E-state index is 9.72. The van der Waals surface area contributed by atoms with Crippen LogP contribution in [-0.4, -0.2) is 11.3 Å². The van der Waals surface area contributed by atoms with Gasteiger partial charge >= 0.3 is 0 Å². The van der Waals surface area contributed by atoms with Gasteiger partial charge in [0.25, 0.3) is 0 Å². The molecule has 0 aliphatic heterocycles. The summed E-state index contributed by atoms with van der Waals surface area (Å²) in [5, 5.41) is 11.0. The van der Waals surface area contributed by atoms with Crippen LogP contribution in [-0.2, 0) is 0 Å². The summed E-state index contributed by atoms with van der Waals surface area (Å²) < 4.78 is 0. The first-order valence-electron chi connectivity index (χ1n) is 4.60. The molecule has 0 saturated heterocycles. The highest BCUT2D eigenvalue weighted by Crippen LogP contribution is 2.22. The van der Waals surface area contributed by atoms with E-state index in [1.807, 2.05) is 26.0 Å². The number of aliphatic hydroxyl groups is 1. The molecule has 4 heteroatoms. The van der Waals surface area contributed by atoms with Crippen molar-refractivity contribution in [3.63, 3.8) is 0 Å². The molecule has 0 fully saturated rings. The molecule has 0 amide bonds. The van der Waals surface area contributed by atoms with Crippen LogP contribution in [0.15, 0.2) is 24.3 Å². The number of rotatable bonds is 3. The van der Waals surface area contributed by atoms with Crippen LogP contribution in [0.2, 0.25) is 0 Å². The Morgan fingerprint density at radius 3 is 2.36 bits per heavy atom. The largest absolute Gasteiger partial charge is 0.397 e. The average molecular weight is 195 g/mol. The molecule has 0 saturated carbocycles. The van der Waals surface area contributed by atoms with E-state index in [0.29, 0.717) is 11.4 Å². The fraction of sp³-hybridized carbons (Fsp3) is 0.400. The number of aliphatic hydroxyl groups excluding tert-OH is 1. The van der Waals surface area contributed by atoms with Crippen molar-refractivity contribution in [3.05, 3.63) is 24.3 Å². The molecule has 0 heterocycles. The third-order valence-corrected chi connectivity index (χ3v) is 2.10. The number of nitrogens with two attached hydrogens (primary N) is 2. The van der Waals surface area contributed by atoms with Gasteiger partial charge in [0.1, 0.15) is 6.23 Å². The summed E-state index contributed by atoms with van der Waals surface area (Å²) >= 11 is 0. The van der Waals surface area contributed by atoms with E-state index in [2.05, 4.69) is 0 Å². The van der Waals surface area contributed by atoms with Crippen molar-refractivity contribution in [2.45, 2.75) is 20.1 Å². The second-order valence-corrected chi connectivity index (χ2v) is 3.62. The van der Waals surface area contributed by atoms with E-state index >= 15 is 0 Å². The van der Waals surface area contributed by atoms with E-state index in [1.54, 1.807) is 12.1 Å². The average Bonchev–Trinajstić information content (AvgIpc) is 2.16. The molecule has 0 aliphatic rings. The van der Waals surface area contributed by atoms with Crippen molar-refractivity contribution >= 4 is 11.4 Å². The van der Waals surface area contributed by atoms with Gasteiger partial charge in [-0.15, -0.1) is 0 Å². The molecule has 1 atom stereocenters. The van der Waals surface area contributed by atoms with E-state index in [9.17, 15) is 5.11 Å². The minimum atomic E-state index is -0.722. The highest BCUT2D eigenvalue weighted by Gasteiger charge is 2.17. The molecule has 0 aromatic heterocycles. The highest BCUT2D eigenvalue weighted by atomic mass is 16.3. The van der Waals surface area contributed by atoms with E-state index in [4.69, 9.17) is 11.6 Å². The van der Waals surface area contributed by atoms with Crippen LogP contribution in [0.3, 0.4) is 0 Å². The molecule has 1 aromatic rings. The number of hydrogen-bond acceptors (Lipinski definition) is 4. The quantitative estimate of drug-likeness (QED) is 0.290. The topological polar surface area (TPSA) is 75.5 Å². The first kappa shape index (κ1) is 10.8. The highest BCUT2D eigenvalue weighted by molar-refractivity contribution is 5.66. The van der Waals surface area contributed by atoms with Crippen LogP contribution in [0, 0.1) is 5.92 Å². The Hall–Kier alpha value is -1.26. The Morgan fingerprint density at radius 1 is 1.29 bits per heavy atom. The smallest absolute Gasteiger partial charge is 0.143 e. The predicted molar refractivity (Wildman–Crippen MR) is 58.4 cm³/mol. The third-order valence-electron chi connectivity index (χ3n) is 2.10. The maximum absolute atomic E-state index is 9.72. The SMILES string of the molecule is CC(C)C(O)N(N)c1ccccc1N.